The van der Waals surface area contributed by atoms with Gasteiger partial charge < -0.3 is 9.13 Å². The summed E-state index contributed by atoms with van der Waals surface area (Å²) in [7, 11) is 1.95. The number of nitrogens with zero attached hydrogens (tertiary/aromatic N) is 6. The summed E-state index contributed by atoms with van der Waals surface area (Å²) in [5.41, 5.74) is 2.09. The highest BCUT2D eigenvalue weighted by Gasteiger charge is 2.10. The van der Waals surface area contributed by atoms with E-state index in [0.717, 1.165) is 39.7 Å². The molecule has 0 radical (unpaired) electrons. The Labute approximate surface area is 143 Å². The summed E-state index contributed by atoms with van der Waals surface area (Å²) in [4.78, 5) is 8.99. The van der Waals surface area contributed by atoms with Gasteiger partial charge in [0.05, 0.1) is 5.52 Å². The summed E-state index contributed by atoms with van der Waals surface area (Å²) in [5, 5.41) is 10.0. The van der Waals surface area contributed by atoms with Crippen molar-refractivity contribution in [2.45, 2.75) is 11.7 Å². The number of benzene rings is 1. The minimum absolute atomic E-state index is 0.851. The molecule has 0 aliphatic heterocycles. The van der Waals surface area contributed by atoms with Gasteiger partial charge >= 0.3 is 0 Å². The van der Waals surface area contributed by atoms with Crippen molar-refractivity contribution in [3.8, 4) is 11.4 Å². The molecule has 0 spiro atoms. The molecule has 4 aromatic rings. The van der Waals surface area contributed by atoms with Gasteiger partial charge in [0, 0.05) is 48.9 Å². The van der Waals surface area contributed by atoms with E-state index in [0.29, 0.717) is 0 Å². The van der Waals surface area contributed by atoms with Gasteiger partial charge in [0.15, 0.2) is 5.16 Å². The third kappa shape index (κ3) is 2.78. The number of pyridine rings is 1. The number of aromatic nitrogens is 6. The SMILES string of the molecule is Cn1cnnc1SCCn1ccnc1-c1ccnc2ccccc12. The Balaban J connectivity index is 1.59. The summed E-state index contributed by atoms with van der Waals surface area (Å²) in [5.74, 6) is 1.87. The maximum Gasteiger partial charge on any atom is 0.190 e. The molecule has 0 saturated carbocycles. The van der Waals surface area contributed by atoms with Gasteiger partial charge in [-0.15, -0.1) is 10.2 Å². The molecule has 0 fully saturated rings. The van der Waals surface area contributed by atoms with E-state index in [9.17, 15) is 0 Å². The van der Waals surface area contributed by atoms with Crippen LogP contribution >= 0.6 is 11.8 Å². The van der Waals surface area contributed by atoms with Gasteiger partial charge in [-0.25, -0.2) is 4.98 Å². The smallest absolute Gasteiger partial charge is 0.190 e. The van der Waals surface area contributed by atoms with Crippen molar-refractivity contribution in [3.63, 3.8) is 0 Å². The van der Waals surface area contributed by atoms with Crippen molar-refractivity contribution in [2.75, 3.05) is 5.75 Å². The largest absolute Gasteiger partial charge is 0.330 e. The van der Waals surface area contributed by atoms with Crippen LogP contribution in [0, 0.1) is 0 Å². The van der Waals surface area contributed by atoms with Gasteiger partial charge in [-0.1, -0.05) is 30.0 Å². The molecule has 0 amide bonds. The fourth-order valence-electron chi connectivity index (χ4n) is 2.66. The number of hydrogen-bond donors (Lipinski definition) is 0. The van der Waals surface area contributed by atoms with Gasteiger partial charge in [0.1, 0.15) is 12.2 Å². The van der Waals surface area contributed by atoms with Crippen molar-refractivity contribution in [2.24, 2.45) is 7.05 Å². The third-order valence-corrected chi connectivity index (χ3v) is 4.85. The number of thioether (sulfide) groups is 1. The van der Waals surface area contributed by atoms with E-state index in [1.165, 1.54) is 0 Å². The Kier molecular flexibility index (Phi) is 4.00. The second-order valence-corrected chi connectivity index (χ2v) is 6.45. The third-order valence-electron chi connectivity index (χ3n) is 3.84. The molecule has 120 valence electrons. The van der Waals surface area contributed by atoms with Gasteiger partial charge in [-0.05, 0) is 12.1 Å². The van der Waals surface area contributed by atoms with Crippen LogP contribution in [-0.2, 0) is 13.6 Å². The molecular weight excluding hydrogens is 320 g/mol. The number of fused-ring (bicyclic) bond motifs is 1. The highest BCUT2D eigenvalue weighted by atomic mass is 32.2. The Morgan fingerprint density at radius 3 is 2.88 bits per heavy atom. The van der Waals surface area contributed by atoms with E-state index < -0.39 is 0 Å². The molecular formula is C17H16N6S. The second-order valence-electron chi connectivity index (χ2n) is 5.39. The first-order chi connectivity index (χ1) is 11.8. The van der Waals surface area contributed by atoms with E-state index in [1.807, 2.05) is 54.5 Å². The Bertz CT molecular complexity index is 969. The van der Waals surface area contributed by atoms with Gasteiger partial charge in [-0.3, -0.25) is 4.98 Å². The first-order valence-electron chi connectivity index (χ1n) is 7.65. The van der Waals surface area contributed by atoms with Gasteiger partial charge in [-0.2, -0.15) is 0 Å². The molecule has 0 bridgehead atoms. The monoisotopic (exact) mass is 336 g/mol. The van der Waals surface area contributed by atoms with Crippen LogP contribution in [0.4, 0.5) is 0 Å². The van der Waals surface area contributed by atoms with Crippen LogP contribution in [0.15, 0.2) is 60.4 Å². The number of hydrogen-bond acceptors (Lipinski definition) is 5. The van der Waals surface area contributed by atoms with Gasteiger partial charge in [0.2, 0.25) is 0 Å². The first kappa shape index (κ1) is 14.9. The number of aryl methyl sites for hydroxylation is 2. The number of imidazole rings is 1. The van der Waals surface area contributed by atoms with Crippen LogP contribution in [0.3, 0.4) is 0 Å². The molecule has 24 heavy (non-hydrogen) atoms. The van der Waals surface area contributed by atoms with E-state index in [2.05, 4.69) is 30.8 Å². The van der Waals surface area contributed by atoms with Crippen LogP contribution in [0.1, 0.15) is 0 Å². The summed E-state index contributed by atoms with van der Waals surface area (Å²) in [6.45, 7) is 0.851. The number of para-hydroxylation sites is 1. The minimum Gasteiger partial charge on any atom is -0.330 e. The molecule has 0 aliphatic rings. The molecule has 7 heteroatoms. The van der Waals surface area contributed by atoms with E-state index in [1.54, 1.807) is 18.1 Å². The van der Waals surface area contributed by atoms with Crippen LogP contribution < -0.4 is 0 Å². The molecule has 0 saturated heterocycles. The van der Waals surface area contributed by atoms with E-state index >= 15 is 0 Å². The Hall–Kier alpha value is -2.67. The average molecular weight is 336 g/mol. The quantitative estimate of drug-likeness (QED) is 0.524. The second kappa shape index (κ2) is 6.45. The topological polar surface area (TPSA) is 61.4 Å². The van der Waals surface area contributed by atoms with Crippen LogP contribution in [-0.4, -0.2) is 35.1 Å². The highest BCUT2D eigenvalue weighted by Crippen LogP contribution is 2.26. The predicted molar refractivity (Wildman–Crippen MR) is 94.7 cm³/mol. The normalized spacial score (nSPS) is 11.2. The van der Waals surface area contributed by atoms with Crippen molar-refractivity contribution >= 4 is 22.7 Å². The molecule has 4 rings (SSSR count). The number of rotatable bonds is 5. The van der Waals surface area contributed by atoms with Crippen LogP contribution in [0.2, 0.25) is 0 Å². The first-order valence-corrected chi connectivity index (χ1v) is 8.63. The molecule has 0 N–H and O–H groups in total. The zero-order chi connectivity index (χ0) is 16.4. The molecule has 3 aromatic heterocycles. The zero-order valence-electron chi connectivity index (χ0n) is 13.2. The summed E-state index contributed by atoms with van der Waals surface area (Å²) in [6, 6.07) is 10.2. The highest BCUT2D eigenvalue weighted by molar-refractivity contribution is 7.99. The lowest BCUT2D eigenvalue weighted by atomic mass is 10.1. The van der Waals surface area contributed by atoms with Crippen molar-refractivity contribution in [1.82, 2.24) is 29.3 Å². The minimum atomic E-state index is 0.851. The fourth-order valence-corrected chi connectivity index (χ4v) is 3.49. The lowest BCUT2D eigenvalue weighted by Crippen LogP contribution is -2.03. The van der Waals surface area contributed by atoms with Crippen molar-refractivity contribution in [3.05, 3.63) is 55.2 Å². The standard InChI is InChI=1S/C17H16N6S/c1-22-12-20-21-17(22)24-11-10-23-9-8-19-16(23)14-6-7-18-15-5-3-2-4-13(14)15/h2-9,12H,10-11H2,1H3. The van der Waals surface area contributed by atoms with Crippen LogP contribution in [0.5, 0.6) is 0 Å². The molecule has 6 nitrogen and oxygen atoms in total. The van der Waals surface area contributed by atoms with E-state index in [4.69, 9.17) is 0 Å². The fraction of sp³-hybridized carbons (Fsp3) is 0.176. The van der Waals surface area contributed by atoms with Crippen molar-refractivity contribution < 1.29 is 0 Å². The lowest BCUT2D eigenvalue weighted by Gasteiger charge is -2.09. The summed E-state index contributed by atoms with van der Waals surface area (Å²) >= 11 is 1.69. The van der Waals surface area contributed by atoms with Gasteiger partial charge in [0.25, 0.3) is 0 Å². The van der Waals surface area contributed by atoms with E-state index in [-0.39, 0.29) is 0 Å². The Morgan fingerprint density at radius 1 is 1.08 bits per heavy atom. The zero-order valence-corrected chi connectivity index (χ0v) is 14.0. The molecule has 1 aromatic carbocycles. The Morgan fingerprint density at radius 2 is 2.00 bits per heavy atom. The maximum absolute atomic E-state index is 4.56. The summed E-state index contributed by atoms with van der Waals surface area (Å²) in [6.07, 6.45) is 7.42. The predicted octanol–water partition coefficient (Wildman–Crippen LogP) is 3.02. The van der Waals surface area contributed by atoms with Crippen molar-refractivity contribution in [1.29, 1.82) is 0 Å². The maximum atomic E-state index is 4.56. The van der Waals surface area contributed by atoms with Crippen LogP contribution in [0.25, 0.3) is 22.3 Å². The summed E-state index contributed by atoms with van der Waals surface area (Å²) < 4.78 is 4.10. The molecule has 0 aliphatic carbocycles. The molecule has 0 unspecified atom stereocenters. The molecule has 0 atom stereocenters. The molecule has 3 heterocycles. The average Bonchev–Trinajstić information content (AvgIpc) is 3.24. The lowest BCUT2D eigenvalue weighted by molar-refractivity contribution is 0.764.